The molecular formula is C23H22F2N2O7. The summed E-state index contributed by atoms with van der Waals surface area (Å²) in [5.41, 5.74) is 0.743. The quantitative estimate of drug-likeness (QED) is 0.534. The number of esters is 2. The Kier molecular flexibility index (Phi) is 8.01. The van der Waals surface area contributed by atoms with Crippen LogP contribution in [0.25, 0.3) is 0 Å². The summed E-state index contributed by atoms with van der Waals surface area (Å²) in [6.07, 6.45) is 0. The molecule has 0 aliphatic carbocycles. The molecule has 1 atom stereocenters. The predicted octanol–water partition coefficient (Wildman–Crippen LogP) is 3.32. The summed E-state index contributed by atoms with van der Waals surface area (Å²) in [6, 6.07) is 10.9. The number of ether oxygens (including phenoxy) is 4. The fourth-order valence-corrected chi connectivity index (χ4v) is 3.29. The van der Waals surface area contributed by atoms with Crippen LogP contribution in [-0.2, 0) is 14.3 Å². The van der Waals surface area contributed by atoms with E-state index in [4.69, 9.17) is 14.2 Å². The van der Waals surface area contributed by atoms with Crippen molar-refractivity contribution in [2.45, 2.75) is 19.6 Å². The van der Waals surface area contributed by atoms with E-state index in [0.717, 1.165) is 6.07 Å². The van der Waals surface area contributed by atoms with Gasteiger partial charge in [-0.05, 0) is 30.7 Å². The number of nitrogens with one attached hydrogen (secondary N) is 2. The van der Waals surface area contributed by atoms with E-state index < -0.39 is 37.2 Å². The van der Waals surface area contributed by atoms with Crippen molar-refractivity contribution in [3.63, 3.8) is 0 Å². The fourth-order valence-electron chi connectivity index (χ4n) is 3.29. The van der Waals surface area contributed by atoms with Gasteiger partial charge < -0.3 is 29.6 Å². The molecule has 2 aromatic rings. The lowest BCUT2D eigenvalue weighted by Gasteiger charge is -2.29. The van der Waals surface area contributed by atoms with Gasteiger partial charge >= 0.3 is 24.6 Å². The third kappa shape index (κ3) is 5.80. The fraction of sp³-hybridized carbons (Fsp3) is 0.261. The molecule has 0 saturated heterocycles. The summed E-state index contributed by atoms with van der Waals surface area (Å²) in [7, 11) is 1.23. The molecule has 1 aliphatic rings. The van der Waals surface area contributed by atoms with Crippen LogP contribution in [0, 0.1) is 0 Å². The smallest absolute Gasteiger partial charge is 0.387 e. The van der Waals surface area contributed by atoms with Crippen LogP contribution in [-0.4, -0.2) is 44.9 Å². The maximum Gasteiger partial charge on any atom is 0.387 e. The zero-order chi connectivity index (χ0) is 24.7. The van der Waals surface area contributed by atoms with Gasteiger partial charge in [-0.3, -0.25) is 0 Å². The van der Waals surface area contributed by atoms with Crippen LogP contribution in [0.3, 0.4) is 0 Å². The Hall–Kier alpha value is -4.15. The highest BCUT2D eigenvalue weighted by Crippen LogP contribution is 2.30. The van der Waals surface area contributed by atoms with Crippen LogP contribution >= 0.6 is 0 Å². The minimum Gasteiger partial charge on any atom is -0.493 e. The summed E-state index contributed by atoms with van der Waals surface area (Å²) in [5.74, 6) is -1.88. The van der Waals surface area contributed by atoms with Gasteiger partial charge in [-0.2, -0.15) is 8.78 Å². The number of amides is 2. The molecule has 1 unspecified atom stereocenters. The first kappa shape index (κ1) is 24.5. The molecule has 0 radical (unpaired) electrons. The van der Waals surface area contributed by atoms with Crippen LogP contribution in [0.2, 0.25) is 0 Å². The molecule has 11 heteroatoms. The van der Waals surface area contributed by atoms with E-state index in [9.17, 15) is 23.2 Å². The maximum absolute atomic E-state index is 12.7. The Balaban J connectivity index is 1.87. The first-order chi connectivity index (χ1) is 16.3. The highest BCUT2D eigenvalue weighted by atomic mass is 19.3. The van der Waals surface area contributed by atoms with Gasteiger partial charge in [0.15, 0.2) is 11.5 Å². The van der Waals surface area contributed by atoms with Crippen molar-refractivity contribution in [1.82, 2.24) is 10.6 Å². The third-order valence-electron chi connectivity index (χ3n) is 4.74. The molecule has 180 valence electrons. The number of hydrogen-bond donors (Lipinski definition) is 2. The zero-order valence-corrected chi connectivity index (χ0v) is 18.3. The van der Waals surface area contributed by atoms with Gasteiger partial charge in [-0.25, -0.2) is 14.4 Å². The molecule has 0 spiro atoms. The number of carbonyl (C=O) groups is 3. The van der Waals surface area contributed by atoms with E-state index >= 15 is 0 Å². The highest BCUT2D eigenvalue weighted by molar-refractivity contribution is 5.95. The predicted molar refractivity (Wildman–Crippen MR) is 114 cm³/mol. The molecular weight excluding hydrogens is 454 g/mol. The molecule has 0 fully saturated rings. The molecule has 0 aromatic heterocycles. The molecule has 0 bridgehead atoms. The van der Waals surface area contributed by atoms with E-state index in [1.165, 1.54) is 19.2 Å². The average Bonchev–Trinajstić information content (AvgIpc) is 2.82. The van der Waals surface area contributed by atoms with Gasteiger partial charge in [0, 0.05) is 0 Å². The molecule has 2 N–H and O–H groups in total. The molecule has 1 aliphatic heterocycles. The Morgan fingerprint density at radius 3 is 2.41 bits per heavy atom. The zero-order valence-electron chi connectivity index (χ0n) is 18.3. The summed E-state index contributed by atoms with van der Waals surface area (Å²) < 4.78 is 44.8. The van der Waals surface area contributed by atoms with Crippen molar-refractivity contribution in [3.05, 3.63) is 70.9 Å². The molecule has 2 amide bonds. The second-order valence-electron chi connectivity index (χ2n) is 6.88. The summed E-state index contributed by atoms with van der Waals surface area (Å²) in [5, 5.41) is 5.16. The van der Waals surface area contributed by atoms with Crippen molar-refractivity contribution in [1.29, 1.82) is 0 Å². The number of urea groups is 1. The van der Waals surface area contributed by atoms with Crippen molar-refractivity contribution in [3.8, 4) is 11.5 Å². The van der Waals surface area contributed by atoms with Crippen molar-refractivity contribution >= 4 is 18.0 Å². The normalized spacial score (nSPS) is 15.3. The summed E-state index contributed by atoms with van der Waals surface area (Å²) >= 11 is 0. The second-order valence-corrected chi connectivity index (χ2v) is 6.88. The molecule has 1 heterocycles. The van der Waals surface area contributed by atoms with Crippen LogP contribution in [0.5, 0.6) is 11.5 Å². The molecule has 9 nitrogen and oxygen atoms in total. The maximum atomic E-state index is 12.7. The van der Waals surface area contributed by atoms with E-state index in [1.807, 2.05) is 0 Å². The lowest BCUT2D eigenvalue weighted by molar-refractivity contribution is -0.139. The minimum atomic E-state index is -3.07. The van der Waals surface area contributed by atoms with Gasteiger partial charge in [-0.1, -0.05) is 30.3 Å². The van der Waals surface area contributed by atoms with Crippen LogP contribution in [0.1, 0.15) is 28.9 Å². The van der Waals surface area contributed by atoms with E-state index in [1.54, 1.807) is 37.3 Å². The number of halogens is 2. The topological polar surface area (TPSA) is 112 Å². The molecule has 2 aromatic carbocycles. The number of carbonyl (C=O) groups excluding carboxylic acids is 3. The standard InChI is InChI=1S/C23H22F2N2O7/c1-3-32-21(29)18-15(26-23(30)27-19(18)13-7-5-4-6-8-13)12-33-20(28)14-9-10-16(34-22(24)25)17(11-14)31-2/h4-11,19,22H,3,12H2,1-2H3,(H2,26,27,30). The first-order valence-corrected chi connectivity index (χ1v) is 10.2. The Morgan fingerprint density at radius 1 is 1.03 bits per heavy atom. The first-order valence-electron chi connectivity index (χ1n) is 10.2. The van der Waals surface area contributed by atoms with E-state index in [0.29, 0.717) is 5.56 Å². The number of benzene rings is 2. The van der Waals surface area contributed by atoms with Crippen LogP contribution in [0.15, 0.2) is 59.8 Å². The van der Waals surface area contributed by atoms with Gasteiger partial charge in [-0.15, -0.1) is 0 Å². The van der Waals surface area contributed by atoms with Crippen molar-refractivity contribution in [2.24, 2.45) is 0 Å². The lowest BCUT2D eigenvalue weighted by Crippen LogP contribution is -2.47. The largest absolute Gasteiger partial charge is 0.493 e. The number of methoxy groups -OCH3 is 1. The highest BCUT2D eigenvalue weighted by Gasteiger charge is 2.34. The summed E-state index contributed by atoms with van der Waals surface area (Å²) in [6.45, 7) is -1.79. The van der Waals surface area contributed by atoms with Gasteiger partial charge in [0.2, 0.25) is 0 Å². The Labute approximate surface area is 193 Å². The molecule has 3 rings (SSSR count). The third-order valence-corrected chi connectivity index (χ3v) is 4.74. The molecule has 0 saturated carbocycles. The van der Waals surface area contributed by atoms with Gasteiger partial charge in [0.05, 0.1) is 36.6 Å². The van der Waals surface area contributed by atoms with Crippen molar-refractivity contribution < 1.29 is 42.1 Å². The number of hydrogen-bond acceptors (Lipinski definition) is 7. The SMILES string of the molecule is CCOC(=O)C1=C(COC(=O)c2ccc(OC(F)F)c(OC)c2)NC(=O)NC1c1ccccc1. The van der Waals surface area contributed by atoms with Crippen LogP contribution < -0.4 is 20.1 Å². The van der Waals surface area contributed by atoms with E-state index in [-0.39, 0.29) is 34.9 Å². The molecule has 34 heavy (non-hydrogen) atoms. The second kappa shape index (κ2) is 11.1. The van der Waals surface area contributed by atoms with Gasteiger partial charge in [0.1, 0.15) is 6.61 Å². The Bertz CT molecular complexity index is 1090. The Morgan fingerprint density at radius 2 is 1.76 bits per heavy atom. The van der Waals surface area contributed by atoms with E-state index in [2.05, 4.69) is 15.4 Å². The van der Waals surface area contributed by atoms with Crippen molar-refractivity contribution in [2.75, 3.05) is 20.3 Å². The lowest BCUT2D eigenvalue weighted by atomic mass is 9.95. The monoisotopic (exact) mass is 476 g/mol. The minimum absolute atomic E-state index is 0.0170. The van der Waals surface area contributed by atoms with Crippen LogP contribution in [0.4, 0.5) is 13.6 Å². The summed E-state index contributed by atoms with van der Waals surface area (Å²) in [4.78, 5) is 37.6. The number of rotatable bonds is 9. The average molecular weight is 476 g/mol. The van der Waals surface area contributed by atoms with Gasteiger partial charge in [0.25, 0.3) is 0 Å². The number of alkyl halides is 2.